The maximum atomic E-state index is 12.8. The smallest absolute Gasteiger partial charge is 0.279 e. The number of carbonyl (C=O) groups is 1. The average molecular weight is 423 g/mol. The maximum absolute atomic E-state index is 12.8. The fourth-order valence-corrected chi connectivity index (χ4v) is 5.97. The van der Waals surface area contributed by atoms with E-state index in [1.165, 1.54) is 10.4 Å². The van der Waals surface area contributed by atoms with Crippen LogP contribution in [0.3, 0.4) is 0 Å². The van der Waals surface area contributed by atoms with Gasteiger partial charge in [0, 0.05) is 18.8 Å². The summed E-state index contributed by atoms with van der Waals surface area (Å²) in [7, 11) is -1.52. The molecule has 152 valence electrons. The van der Waals surface area contributed by atoms with E-state index in [4.69, 9.17) is 0 Å². The molecule has 6 nitrogen and oxygen atoms in total. The maximum Gasteiger partial charge on any atom is 0.279 e. The highest BCUT2D eigenvalue weighted by molar-refractivity contribution is 7.89. The minimum atomic E-state index is -3.50. The van der Waals surface area contributed by atoms with Crippen molar-refractivity contribution in [2.24, 2.45) is 0 Å². The van der Waals surface area contributed by atoms with Gasteiger partial charge in [-0.3, -0.25) is 4.79 Å². The number of quaternary nitrogens is 1. The van der Waals surface area contributed by atoms with Crippen LogP contribution in [0.25, 0.3) is 0 Å². The number of sulfonamides is 1. The number of hydrogen-bond acceptors (Lipinski definition) is 4. The fourth-order valence-electron chi connectivity index (χ4n) is 3.39. The molecule has 0 bridgehead atoms. The van der Waals surface area contributed by atoms with Gasteiger partial charge in [-0.25, -0.2) is 8.42 Å². The standard InChI is InChI=1S/C20H27N3O3S2/c1-16-9-12-27-19(16)14-22(2)15-20(24)21-17-7-6-8-18(13-17)28(25,26)23-10-4-3-5-11-23/h6-9,12-13H,3-5,10-11,14-15H2,1-2H3,(H,21,24)/p+1. The van der Waals surface area contributed by atoms with Crippen LogP contribution in [0.1, 0.15) is 29.7 Å². The second-order valence-electron chi connectivity index (χ2n) is 7.38. The van der Waals surface area contributed by atoms with Crippen molar-refractivity contribution in [1.82, 2.24) is 4.31 Å². The Hall–Kier alpha value is -1.74. The molecule has 1 aromatic heterocycles. The topological polar surface area (TPSA) is 70.9 Å². The molecular weight excluding hydrogens is 394 g/mol. The van der Waals surface area contributed by atoms with Crippen molar-refractivity contribution in [2.45, 2.75) is 37.6 Å². The van der Waals surface area contributed by atoms with E-state index in [1.54, 1.807) is 39.9 Å². The van der Waals surface area contributed by atoms with Crippen molar-refractivity contribution in [2.75, 3.05) is 32.0 Å². The van der Waals surface area contributed by atoms with Crippen LogP contribution < -0.4 is 10.2 Å². The molecule has 2 aromatic rings. The Morgan fingerprint density at radius 3 is 2.64 bits per heavy atom. The summed E-state index contributed by atoms with van der Waals surface area (Å²) in [6.45, 7) is 4.32. The van der Waals surface area contributed by atoms with Gasteiger partial charge in [-0.2, -0.15) is 4.31 Å². The second-order valence-corrected chi connectivity index (χ2v) is 10.3. The van der Waals surface area contributed by atoms with E-state index in [1.807, 2.05) is 7.05 Å². The first-order chi connectivity index (χ1) is 13.4. The van der Waals surface area contributed by atoms with Crippen LogP contribution in [0.2, 0.25) is 0 Å². The molecule has 2 N–H and O–H groups in total. The Balaban J connectivity index is 1.62. The molecule has 1 unspecified atom stereocenters. The Kier molecular flexibility index (Phi) is 6.87. The molecule has 2 heterocycles. The van der Waals surface area contributed by atoms with Crippen molar-refractivity contribution < 1.29 is 18.1 Å². The van der Waals surface area contributed by atoms with E-state index in [0.717, 1.165) is 30.7 Å². The SMILES string of the molecule is Cc1ccsc1C[NH+](C)CC(=O)Nc1cccc(S(=O)(=O)N2CCCCC2)c1. The third-order valence-corrected chi connectivity index (χ3v) is 7.88. The van der Waals surface area contributed by atoms with E-state index < -0.39 is 10.0 Å². The predicted octanol–water partition coefficient (Wildman–Crippen LogP) is 1.88. The molecular formula is C20H28N3O3S2+. The molecule has 28 heavy (non-hydrogen) atoms. The fraction of sp³-hybridized carbons (Fsp3) is 0.450. The summed E-state index contributed by atoms with van der Waals surface area (Å²) in [5, 5.41) is 4.90. The number of benzene rings is 1. The van der Waals surface area contributed by atoms with Gasteiger partial charge in [0.15, 0.2) is 6.54 Å². The lowest BCUT2D eigenvalue weighted by molar-refractivity contribution is -0.884. The van der Waals surface area contributed by atoms with Crippen LogP contribution in [0, 0.1) is 6.92 Å². The van der Waals surface area contributed by atoms with Gasteiger partial charge in [-0.1, -0.05) is 12.5 Å². The van der Waals surface area contributed by atoms with Crippen molar-refractivity contribution in [3.05, 3.63) is 46.2 Å². The number of aryl methyl sites for hydroxylation is 1. The van der Waals surface area contributed by atoms with Gasteiger partial charge in [0.1, 0.15) is 6.54 Å². The Labute approximate surface area is 171 Å². The first-order valence-electron chi connectivity index (χ1n) is 9.60. The molecule has 1 amide bonds. The summed E-state index contributed by atoms with van der Waals surface area (Å²) < 4.78 is 27.2. The predicted molar refractivity (Wildman–Crippen MR) is 112 cm³/mol. The zero-order valence-corrected chi connectivity index (χ0v) is 18.0. The van der Waals surface area contributed by atoms with Crippen molar-refractivity contribution in [1.29, 1.82) is 0 Å². The summed E-state index contributed by atoms with van der Waals surface area (Å²) in [4.78, 5) is 15.0. The minimum absolute atomic E-state index is 0.126. The molecule has 1 fully saturated rings. The minimum Gasteiger partial charge on any atom is -0.325 e. The van der Waals surface area contributed by atoms with Gasteiger partial charge in [0.05, 0.1) is 16.8 Å². The van der Waals surface area contributed by atoms with Gasteiger partial charge in [-0.15, -0.1) is 11.3 Å². The zero-order chi connectivity index (χ0) is 20.1. The third-order valence-electron chi connectivity index (χ3n) is 4.96. The number of rotatable bonds is 7. The number of likely N-dealkylation sites (N-methyl/N-ethyl adjacent to an activating group) is 1. The van der Waals surface area contributed by atoms with Gasteiger partial charge >= 0.3 is 0 Å². The summed E-state index contributed by atoms with van der Waals surface area (Å²) in [5.41, 5.74) is 1.77. The average Bonchev–Trinajstić information content (AvgIpc) is 3.07. The summed E-state index contributed by atoms with van der Waals surface area (Å²) in [5.74, 6) is -0.126. The molecule has 0 spiro atoms. The van der Waals surface area contributed by atoms with Crippen LogP contribution in [0.15, 0.2) is 40.6 Å². The molecule has 0 aliphatic carbocycles. The van der Waals surface area contributed by atoms with E-state index >= 15 is 0 Å². The van der Waals surface area contributed by atoms with Gasteiger partial charge in [0.25, 0.3) is 5.91 Å². The normalized spacial score (nSPS) is 16.6. The molecule has 1 saturated heterocycles. The molecule has 1 aliphatic heterocycles. The largest absolute Gasteiger partial charge is 0.325 e. The van der Waals surface area contributed by atoms with Crippen molar-refractivity contribution in [3.63, 3.8) is 0 Å². The lowest BCUT2D eigenvalue weighted by Crippen LogP contribution is -3.08. The van der Waals surface area contributed by atoms with E-state index in [9.17, 15) is 13.2 Å². The van der Waals surface area contributed by atoms with Crippen LogP contribution in [-0.2, 0) is 21.4 Å². The Bertz CT molecular complexity index is 918. The molecule has 0 radical (unpaired) electrons. The first-order valence-corrected chi connectivity index (χ1v) is 11.9. The highest BCUT2D eigenvalue weighted by Crippen LogP contribution is 2.22. The first kappa shape index (κ1) is 21.0. The number of amides is 1. The molecule has 1 aliphatic rings. The Morgan fingerprint density at radius 1 is 1.21 bits per heavy atom. The lowest BCUT2D eigenvalue weighted by atomic mass is 10.2. The number of nitrogens with zero attached hydrogens (tertiary/aromatic N) is 1. The number of carbonyl (C=O) groups excluding carboxylic acids is 1. The van der Waals surface area contributed by atoms with Crippen LogP contribution in [0.5, 0.6) is 0 Å². The number of piperidine rings is 1. The number of thiophene rings is 1. The summed E-state index contributed by atoms with van der Waals surface area (Å²) in [6.07, 6.45) is 2.87. The molecule has 1 aromatic carbocycles. The van der Waals surface area contributed by atoms with Gasteiger partial charge in [0.2, 0.25) is 10.0 Å². The van der Waals surface area contributed by atoms with Crippen molar-refractivity contribution in [3.8, 4) is 0 Å². The van der Waals surface area contributed by atoms with Gasteiger partial charge < -0.3 is 10.2 Å². The van der Waals surface area contributed by atoms with Gasteiger partial charge in [-0.05, 0) is 55.0 Å². The molecule has 3 rings (SSSR count). The van der Waals surface area contributed by atoms with Crippen molar-refractivity contribution >= 4 is 33.0 Å². The lowest BCUT2D eigenvalue weighted by Gasteiger charge is -2.26. The summed E-state index contributed by atoms with van der Waals surface area (Å²) >= 11 is 1.70. The third kappa shape index (κ3) is 5.20. The quantitative estimate of drug-likeness (QED) is 0.716. The van der Waals surface area contributed by atoms with E-state index in [0.29, 0.717) is 25.3 Å². The highest BCUT2D eigenvalue weighted by atomic mass is 32.2. The number of hydrogen-bond donors (Lipinski definition) is 2. The molecule has 1 atom stereocenters. The molecule has 8 heteroatoms. The zero-order valence-electron chi connectivity index (χ0n) is 16.4. The Morgan fingerprint density at radius 2 is 1.96 bits per heavy atom. The van der Waals surface area contributed by atoms with E-state index in [-0.39, 0.29) is 10.8 Å². The van der Waals surface area contributed by atoms with Crippen LogP contribution >= 0.6 is 11.3 Å². The summed E-state index contributed by atoms with van der Waals surface area (Å²) in [6, 6.07) is 8.64. The number of anilines is 1. The monoisotopic (exact) mass is 422 g/mol. The second kappa shape index (κ2) is 9.17. The number of nitrogens with one attached hydrogen (secondary N) is 2. The molecule has 0 saturated carbocycles. The van der Waals surface area contributed by atoms with E-state index in [2.05, 4.69) is 23.7 Å². The van der Waals surface area contributed by atoms with Crippen LogP contribution in [0.4, 0.5) is 5.69 Å². The van der Waals surface area contributed by atoms with Crippen LogP contribution in [-0.4, -0.2) is 45.3 Å². The highest BCUT2D eigenvalue weighted by Gasteiger charge is 2.26.